The van der Waals surface area contributed by atoms with Crippen LogP contribution >= 0.6 is 16.8 Å². The van der Waals surface area contributed by atoms with Gasteiger partial charge in [-0.3, -0.25) is 0 Å². The van der Waals surface area contributed by atoms with Crippen LogP contribution in [0.1, 0.15) is 0 Å². The fourth-order valence-electron chi connectivity index (χ4n) is 0. The lowest BCUT2D eigenvalue weighted by Gasteiger charge is -1.75. The van der Waals surface area contributed by atoms with Gasteiger partial charge in [-0.2, -0.15) is 8.39 Å². The molecule has 0 heterocycles. The van der Waals surface area contributed by atoms with Crippen molar-refractivity contribution >= 4 is 16.8 Å². The minimum Gasteiger partial charge on any atom is -0.220 e. The zero-order valence-electron chi connectivity index (χ0n) is 2.08. The molecular formula is HF3P2. The van der Waals surface area contributed by atoms with Crippen molar-refractivity contribution in [1.29, 1.82) is 0 Å². The molecule has 5 heteroatoms. The molecule has 0 aromatic rings. The third-order valence-electron chi connectivity index (χ3n) is 0.0639. The first-order chi connectivity index (χ1) is 2.27. The fraction of sp³-hybridized carbons (Fsp3) is 0. The van der Waals surface area contributed by atoms with Gasteiger partial charge >= 0.3 is 8.23 Å². The molecule has 0 saturated carbocycles. The Kier molecular flexibility index (Phi) is 3.24. The third kappa shape index (κ3) is 4.65. The maximum absolute atomic E-state index is 10.5. The van der Waals surface area contributed by atoms with E-state index in [9.17, 15) is 12.6 Å². The molecule has 0 aliphatic heterocycles. The Hall–Kier alpha value is 0.650. The molecule has 0 aliphatic rings. The summed E-state index contributed by atoms with van der Waals surface area (Å²) in [7, 11) is -4.89. The highest BCUT2D eigenvalue weighted by Gasteiger charge is 1.98. The van der Waals surface area contributed by atoms with Gasteiger partial charge in [0.1, 0.15) is 0 Å². The normalized spacial score (nSPS) is 12.0. The minimum atomic E-state index is -3.24. The lowest BCUT2D eigenvalue weighted by molar-refractivity contribution is 0.766. The predicted molar refractivity (Wildman–Crippen MR) is 18.6 cm³/mol. The first kappa shape index (κ1) is 5.65. The van der Waals surface area contributed by atoms with Crippen LogP contribution in [0.2, 0.25) is 0 Å². The second-order valence-corrected chi connectivity index (χ2v) is 2.47. The lowest BCUT2D eigenvalue weighted by atomic mass is 18.8. The van der Waals surface area contributed by atoms with E-state index in [1.165, 1.54) is 0 Å². The number of rotatable bonds is 1. The maximum Gasteiger partial charge on any atom is 0.318 e. The zero-order chi connectivity index (χ0) is 4.28. The quantitative estimate of drug-likeness (QED) is 0.466. The van der Waals surface area contributed by atoms with Crippen molar-refractivity contribution in [3.8, 4) is 0 Å². The van der Waals surface area contributed by atoms with Crippen LogP contribution in [-0.4, -0.2) is 0 Å². The van der Waals surface area contributed by atoms with Crippen LogP contribution in [0.5, 0.6) is 0 Å². The van der Waals surface area contributed by atoms with Crippen molar-refractivity contribution in [1.82, 2.24) is 0 Å². The molecule has 0 amide bonds. The first-order valence-corrected chi connectivity index (χ1v) is 3.59. The molecule has 0 aromatic heterocycles. The molecule has 0 radical (unpaired) electrons. The number of halogens is 3. The van der Waals surface area contributed by atoms with Gasteiger partial charge in [-0.1, -0.05) is 0 Å². The van der Waals surface area contributed by atoms with E-state index in [-0.39, 0.29) is 0 Å². The minimum absolute atomic E-state index is 1.65. The van der Waals surface area contributed by atoms with E-state index in [2.05, 4.69) is 0 Å². The van der Waals surface area contributed by atoms with E-state index in [0.717, 1.165) is 0 Å². The number of hydrogen-bond donors (Lipinski definition) is 0. The second-order valence-electron chi connectivity index (χ2n) is 0.317. The van der Waals surface area contributed by atoms with Gasteiger partial charge < -0.3 is 0 Å². The van der Waals surface area contributed by atoms with E-state index < -0.39 is 16.8 Å². The molecule has 0 aliphatic carbocycles. The third-order valence-corrected chi connectivity index (χ3v) is 0.575. The van der Waals surface area contributed by atoms with E-state index in [4.69, 9.17) is 0 Å². The van der Waals surface area contributed by atoms with Crippen molar-refractivity contribution in [2.45, 2.75) is 0 Å². The maximum atomic E-state index is 10.5. The van der Waals surface area contributed by atoms with Gasteiger partial charge in [-0.25, -0.2) is 4.20 Å². The van der Waals surface area contributed by atoms with Crippen LogP contribution in [0.15, 0.2) is 0 Å². The van der Waals surface area contributed by atoms with Crippen molar-refractivity contribution in [3.05, 3.63) is 0 Å². The van der Waals surface area contributed by atoms with Gasteiger partial charge in [-0.15, -0.1) is 0 Å². The number of hydrogen-bond acceptors (Lipinski definition) is 0. The zero-order valence-corrected chi connectivity index (χ0v) is 3.98. The summed E-state index contributed by atoms with van der Waals surface area (Å²) >= 11 is 0. The standard InChI is InChI=1S/F3HP2/c1-4-5(2)3/h4H. The molecule has 1 atom stereocenters. The van der Waals surface area contributed by atoms with E-state index in [1.54, 1.807) is 0 Å². The molecule has 0 bridgehead atoms. The van der Waals surface area contributed by atoms with Crippen LogP contribution in [-0.2, 0) is 0 Å². The molecule has 0 nitrogen and oxygen atoms in total. The van der Waals surface area contributed by atoms with E-state index in [0.29, 0.717) is 0 Å². The topological polar surface area (TPSA) is 0 Å². The van der Waals surface area contributed by atoms with Gasteiger partial charge in [0.25, 0.3) is 0 Å². The average Bonchev–Trinajstić information content (AvgIpc) is 1.38. The van der Waals surface area contributed by atoms with Crippen molar-refractivity contribution in [2.75, 3.05) is 0 Å². The van der Waals surface area contributed by atoms with Gasteiger partial charge in [-0.05, 0) is 0 Å². The van der Waals surface area contributed by atoms with Gasteiger partial charge in [0.2, 0.25) is 0 Å². The molecule has 0 N–H and O–H groups in total. The second kappa shape index (κ2) is 2.87. The molecule has 32 valence electrons. The Labute approximate surface area is 30.5 Å². The van der Waals surface area contributed by atoms with Crippen LogP contribution < -0.4 is 0 Å². The van der Waals surface area contributed by atoms with Crippen LogP contribution in [0.4, 0.5) is 12.6 Å². The van der Waals surface area contributed by atoms with Gasteiger partial charge in [0.15, 0.2) is 8.58 Å². The Morgan fingerprint density at radius 1 is 1.40 bits per heavy atom. The molecule has 0 fully saturated rings. The van der Waals surface area contributed by atoms with Crippen LogP contribution in [0.25, 0.3) is 0 Å². The Bertz CT molecular complexity index is 18.9. The predicted octanol–water partition coefficient (Wildman–Crippen LogP) is 2.72. The Balaban J connectivity index is 2.54. The van der Waals surface area contributed by atoms with Gasteiger partial charge in [0, 0.05) is 0 Å². The lowest BCUT2D eigenvalue weighted by Crippen LogP contribution is -1.15. The molecule has 0 rings (SSSR count). The SMILES string of the molecule is FPP(F)F. The van der Waals surface area contributed by atoms with Crippen molar-refractivity contribution < 1.29 is 12.6 Å². The average molecular weight is 120 g/mol. The highest BCUT2D eigenvalue weighted by atomic mass is 32.1. The van der Waals surface area contributed by atoms with Crippen LogP contribution in [0.3, 0.4) is 0 Å². The van der Waals surface area contributed by atoms with Crippen molar-refractivity contribution in [3.63, 3.8) is 0 Å². The molecular weight excluding hydrogens is 119 g/mol. The van der Waals surface area contributed by atoms with Gasteiger partial charge in [0.05, 0.1) is 0 Å². The molecule has 1 unspecified atom stereocenters. The molecule has 0 spiro atoms. The first-order valence-electron chi connectivity index (χ1n) is 0.751. The summed E-state index contributed by atoms with van der Waals surface area (Å²) in [5.74, 6) is 0. The largest absolute Gasteiger partial charge is 0.318 e. The Morgan fingerprint density at radius 2 is 1.60 bits per heavy atom. The summed E-state index contributed by atoms with van der Waals surface area (Å²) in [6, 6.07) is 0. The fourth-order valence-corrected chi connectivity index (χ4v) is 0. The van der Waals surface area contributed by atoms with Crippen molar-refractivity contribution in [2.24, 2.45) is 0 Å². The molecule has 0 saturated heterocycles. The van der Waals surface area contributed by atoms with Crippen LogP contribution in [0, 0.1) is 0 Å². The smallest absolute Gasteiger partial charge is 0.220 e. The highest BCUT2D eigenvalue weighted by Crippen LogP contribution is 2.58. The summed E-state index contributed by atoms with van der Waals surface area (Å²) in [6.45, 7) is 0. The van der Waals surface area contributed by atoms with E-state index >= 15 is 0 Å². The molecule has 5 heavy (non-hydrogen) atoms. The monoisotopic (exact) mass is 120 g/mol. The summed E-state index contributed by atoms with van der Waals surface area (Å²) < 4.78 is 31.4. The summed E-state index contributed by atoms with van der Waals surface area (Å²) in [4.78, 5) is 0. The highest BCUT2D eigenvalue weighted by molar-refractivity contribution is 8.14. The summed E-state index contributed by atoms with van der Waals surface area (Å²) in [5, 5.41) is 0. The molecule has 0 aromatic carbocycles. The Morgan fingerprint density at radius 3 is 1.60 bits per heavy atom. The summed E-state index contributed by atoms with van der Waals surface area (Å²) in [6.07, 6.45) is 0. The van der Waals surface area contributed by atoms with E-state index in [1.807, 2.05) is 0 Å². The summed E-state index contributed by atoms with van der Waals surface area (Å²) in [5.41, 5.74) is 0.